The van der Waals surface area contributed by atoms with E-state index in [0.717, 1.165) is 0 Å². The lowest BCUT2D eigenvalue weighted by Crippen LogP contribution is -2.50. The SMILES string of the molecule is CN(C)c1nccnc1N1CCC[C@@](Cc2ccccc2F)(C(=O)O)C1. The summed E-state index contributed by atoms with van der Waals surface area (Å²) < 4.78 is 14.1. The Hall–Kier alpha value is -2.70. The van der Waals surface area contributed by atoms with Crippen LogP contribution in [0.3, 0.4) is 0 Å². The lowest BCUT2D eigenvalue weighted by Gasteiger charge is -2.41. The van der Waals surface area contributed by atoms with Crippen LogP contribution >= 0.6 is 0 Å². The number of carboxylic acid groups (broad SMARTS) is 1. The first-order valence-electron chi connectivity index (χ1n) is 8.63. The van der Waals surface area contributed by atoms with Crippen molar-refractivity contribution < 1.29 is 14.3 Å². The van der Waals surface area contributed by atoms with Crippen molar-refractivity contribution in [2.24, 2.45) is 5.41 Å². The van der Waals surface area contributed by atoms with Crippen LogP contribution < -0.4 is 9.80 Å². The van der Waals surface area contributed by atoms with Crippen molar-refractivity contribution in [1.29, 1.82) is 0 Å². The van der Waals surface area contributed by atoms with Gasteiger partial charge in [0.05, 0.1) is 5.41 Å². The van der Waals surface area contributed by atoms with Crippen molar-refractivity contribution in [2.75, 3.05) is 37.0 Å². The molecule has 0 spiro atoms. The normalized spacial score (nSPS) is 20.0. The number of carboxylic acids is 1. The van der Waals surface area contributed by atoms with E-state index in [1.807, 2.05) is 23.9 Å². The van der Waals surface area contributed by atoms with Gasteiger partial charge in [-0.2, -0.15) is 0 Å². The van der Waals surface area contributed by atoms with Gasteiger partial charge < -0.3 is 14.9 Å². The van der Waals surface area contributed by atoms with Crippen LogP contribution in [0.15, 0.2) is 36.7 Å². The highest BCUT2D eigenvalue weighted by molar-refractivity contribution is 5.77. The van der Waals surface area contributed by atoms with E-state index >= 15 is 0 Å². The molecular formula is C19H23FN4O2. The minimum atomic E-state index is -1.05. The third-order valence-electron chi connectivity index (χ3n) is 4.90. The van der Waals surface area contributed by atoms with Gasteiger partial charge >= 0.3 is 5.97 Å². The summed E-state index contributed by atoms with van der Waals surface area (Å²) in [6, 6.07) is 6.38. The van der Waals surface area contributed by atoms with E-state index in [-0.39, 0.29) is 18.8 Å². The molecule has 0 aliphatic carbocycles. The fourth-order valence-corrected chi connectivity index (χ4v) is 3.58. The smallest absolute Gasteiger partial charge is 0.311 e. The summed E-state index contributed by atoms with van der Waals surface area (Å²) in [7, 11) is 3.75. The molecule has 26 heavy (non-hydrogen) atoms. The zero-order chi connectivity index (χ0) is 18.7. The van der Waals surface area contributed by atoms with Crippen LogP contribution in [-0.2, 0) is 11.2 Å². The summed E-state index contributed by atoms with van der Waals surface area (Å²) in [6.45, 7) is 0.974. The molecule has 6 nitrogen and oxygen atoms in total. The molecule has 1 N–H and O–H groups in total. The highest BCUT2D eigenvalue weighted by atomic mass is 19.1. The molecule has 0 unspecified atom stereocenters. The van der Waals surface area contributed by atoms with Gasteiger partial charge in [-0.3, -0.25) is 4.79 Å². The van der Waals surface area contributed by atoms with Gasteiger partial charge in [-0.15, -0.1) is 0 Å². The molecule has 0 amide bonds. The Bertz CT molecular complexity index is 799. The van der Waals surface area contributed by atoms with Crippen LogP contribution in [0.1, 0.15) is 18.4 Å². The van der Waals surface area contributed by atoms with Crippen LogP contribution in [0.2, 0.25) is 0 Å². The molecule has 3 rings (SSSR count). The average Bonchev–Trinajstić information content (AvgIpc) is 2.64. The lowest BCUT2D eigenvalue weighted by molar-refractivity contribution is -0.149. The third-order valence-corrected chi connectivity index (χ3v) is 4.90. The van der Waals surface area contributed by atoms with Gasteiger partial charge in [0.2, 0.25) is 0 Å². The van der Waals surface area contributed by atoms with E-state index in [1.165, 1.54) is 6.07 Å². The van der Waals surface area contributed by atoms with Gasteiger partial charge in [0.15, 0.2) is 11.6 Å². The van der Waals surface area contributed by atoms with Crippen LogP contribution in [0.25, 0.3) is 0 Å². The van der Waals surface area contributed by atoms with Gasteiger partial charge in [0.25, 0.3) is 0 Å². The number of rotatable bonds is 5. The Morgan fingerprint density at radius 2 is 2.04 bits per heavy atom. The molecule has 1 fully saturated rings. The molecule has 1 aliphatic heterocycles. The second kappa shape index (κ2) is 7.27. The van der Waals surface area contributed by atoms with E-state index in [1.54, 1.807) is 30.6 Å². The van der Waals surface area contributed by atoms with Gasteiger partial charge in [-0.1, -0.05) is 18.2 Å². The maximum atomic E-state index is 14.1. The first kappa shape index (κ1) is 18.1. The van der Waals surface area contributed by atoms with E-state index < -0.39 is 11.4 Å². The highest BCUT2D eigenvalue weighted by Crippen LogP contribution is 2.37. The third kappa shape index (κ3) is 3.47. The Morgan fingerprint density at radius 3 is 2.73 bits per heavy atom. The van der Waals surface area contributed by atoms with Gasteiger partial charge in [0.1, 0.15) is 5.82 Å². The Labute approximate surface area is 152 Å². The van der Waals surface area contributed by atoms with E-state index in [9.17, 15) is 14.3 Å². The van der Waals surface area contributed by atoms with Crippen LogP contribution in [0.4, 0.5) is 16.0 Å². The summed E-state index contributed by atoms with van der Waals surface area (Å²) in [5.74, 6) is 0.0930. The molecule has 138 valence electrons. The highest BCUT2D eigenvalue weighted by Gasteiger charge is 2.43. The fraction of sp³-hybridized carbons (Fsp3) is 0.421. The predicted molar refractivity (Wildman–Crippen MR) is 98.0 cm³/mol. The number of aliphatic carboxylic acids is 1. The molecule has 0 bridgehead atoms. The molecule has 1 aliphatic rings. The van der Waals surface area contributed by atoms with Crippen LogP contribution in [0.5, 0.6) is 0 Å². The Kier molecular flexibility index (Phi) is 5.06. The zero-order valence-corrected chi connectivity index (χ0v) is 15.0. The second-order valence-electron chi connectivity index (χ2n) is 6.98. The standard InChI is InChI=1S/C19H23FN4O2/c1-23(2)16-17(22-10-9-21-16)24-11-5-8-19(13-24,18(25)26)12-14-6-3-4-7-15(14)20/h3-4,6-7,9-10H,5,8,11-13H2,1-2H3,(H,25,26)/t19-/m0/s1. The van der Waals surface area contributed by atoms with Crippen molar-refractivity contribution in [3.8, 4) is 0 Å². The molecule has 1 aromatic carbocycles. The average molecular weight is 358 g/mol. The molecular weight excluding hydrogens is 335 g/mol. The number of anilines is 2. The molecule has 1 saturated heterocycles. The minimum Gasteiger partial charge on any atom is -0.481 e. The number of benzene rings is 1. The minimum absolute atomic E-state index is 0.156. The summed E-state index contributed by atoms with van der Waals surface area (Å²) in [5.41, 5.74) is -0.620. The van der Waals surface area contributed by atoms with Crippen molar-refractivity contribution in [1.82, 2.24) is 9.97 Å². The fourth-order valence-electron chi connectivity index (χ4n) is 3.58. The Balaban J connectivity index is 1.94. The molecule has 0 radical (unpaired) electrons. The molecule has 0 saturated carbocycles. The molecule has 2 heterocycles. The first-order valence-corrected chi connectivity index (χ1v) is 8.63. The first-order chi connectivity index (χ1) is 12.4. The van der Waals surface area contributed by atoms with E-state index in [0.29, 0.717) is 36.6 Å². The summed E-state index contributed by atoms with van der Waals surface area (Å²) in [4.78, 5) is 24.8. The molecule has 1 aromatic heterocycles. The molecule has 1 atom stereocenters. The number of hydrogen-bond donors (Lipinski definition) is 1. The molecule has 2 aromatic rings. The van der Waals surface area contributed by atoms with E-state index in [4.69, 9.17) is 0 Å². The Morgan fingerprint density at radius 1 is 1.31 bits per heavy atom. The quantitative estimate of drug-likeness (QED) is 0.886. The summed E-state index contributed by atoms with van der Waals surface area (Å²) >= 11 is 0. The van der Waals surface area contributed by atoms with Crippen LogP contribution in [-0.4, -0.2) is 48.2 Å². The van der Waals surface area contributed by atoms with Crippen LogP contribution in [0, 0.1) is 11.2 Å². The zero-order valence-electron chi connectivity index (χ0n) is 15.0. The largest absolute Gasteiger partial charge is 0.481 e. The van der Waals surface area contributed by atoms with Gasteiger partial charge in [-0.25, -0.2) is 14.4 Å². The number of piperidine rings is 1. The predicted octanol–water partition coefficient (Wildman–Crippen LogP) is 2.60. The summed E-state index contributed by atoms with van der Waals surface area (Å²) in [6.07, 6.45) is 4.58. The topological polar surface area (TPSA) is 69.6 Å². The van der Waals surface area contributed by atoms with Crippen molar-refractivity contribution >= 4 is 17.6 Å². The monoisotopic (exact) mass is 358 g/mol. The number of hydrogen-bond acceptors (Lipinski definition) is 5. The number of halogens is 1. The molecule has 7 heteroatoms. The van der Waals surface area contributed by atoms with Gasteiger partial charge in [-0.05, 0) is 30.9 Å². The number of aromatic nitrogens is 2. The van der Waals surface area contributed by atoms with Gasteiger partial charge in [0, 0.05) is 39.6 Å². The maximum absolute atomic E-state index is 14.1. The van der Waals surface area contributed by atoms with E-state index in [2.05, 4.69) is 9.97 Å². The number of carbonyl (C=O) groups is 1. The maximum Gasteiger partial charge on any atom is 0.311 e. The second-order valence-corrected chi connectivity index (χ2v) is 6.98. The summed E-state index contributed by atoms with van der Waals surface area (Å²) in [5, 5.41) is 9.99. The van der Waals surface area contributed by atoms with Crippen molar-refractivity contribution in [3.05, 3.63) is 48.0 Å². The van der Waals surface area contributed by atoms with Crippen molar-refractivity contribution in [3.63, 3.8) is 0 Å². The lowest BCUT2D eigenvalue weighted by atomic mass is 9.75. The van der Waals surface area contributed by atoms with Crippen molar-refractivity contribution in [2.45, 2.75) is 19.3 Å². The number of nitrogens with zero attached hydrogens (tertiary/aromatic N) is 4.